The summed E-state index contributed by atoms with van der Waals surface area (Å²) in [5.41, 5.74) is -1.27. The van der Waals surface area contributed by atoms with Gasteiger partial charge in [-0.15, -0.1) is 0 Å². The van der Waals surface area contributed by atoms with Crippen LogP contribution in [-0.4, -0.2) is 12.6 Å². The van der Waals surface area contributed by atoms with Gasteiger partial charge in [0.05, 0.1) is 12.2 Å². The Morgan fingerprint density at radius 1 is 1.30 bits per heavy atom. The van der Waals surface area contributed by atoms with Crippen molar-refractivity contribution < 1.29 is 31.5 Å². The minimum absolute atomic E-state index is 0.0295. The van der Waals surface area contributed by atoms with Crippen molar-refractivity contribution in [1.82, 2.24) is 0 Å². The topological polar surface area (TPSA) is 26.3 Å². The average Bonchev–Trinajstić information content (AvgIpc) is 2.34. The number of hydrogen-bond donors (Lipinski definition) is 0. The zero-order valence-corrected chi connectivity index (χ0v) is 10.4. The normalized spacial score (nSPS) is 12.4. The van der Waals surface area contributed by atoms with Crippen LogP contribution < -0.4 is 0 Å². The Labute approximate surface area is 111 Å². The van der Waals surface area contributed by atoms with Crippen molar-refractivity contribution in [3.05, 3.63) is 47.0 Å². The molecule has 0 bridgehead atoms. The highest BCUT2D eigenvalue weighted by molar-refractivity contribution is 5.85. The highest BCUT2D eigenvalue weighted by Gasteiger charge is 2.31. The molecule has 0 spiro atoms. The summed E-state index contributed by atoms with van der Waals surface area (Å²) in [7, 11) is 0. The van der Waals surface area contributed by atoms with Gasteiger partial charge in [-0.3, -0.25) is 0 Å². The molecule has 0 aliphatic carbocycles. The maximum atomic E-state index is 13.2. The van der Waals surface area contributed by atoms with Crippen molar-refractivity contribution in [2.45, 2.75) is 19.5 Å². The number of allylic oxidation sites excluding steroid dienone is 1. The van der Waals surface area contributed by atoms with Crippen molar-refractivity contribution in [1.29, 1.82) is 0 Å². The Morgan fingerprint density at radius 3 is 2.50 bits per heavy atom. The van der Waals surface area contributed by atoms with E-state index in [1.807, 2.05) is 0 Å². The highest BCUT2D eigenvalue weighted by Crippen LogP contribution is 2.30. The third-order valence-corrected chi connectivity index (χ3v) is 2.27. The van der Waals surface area contributed by atoms with E-state index < -0.39 is 29.4 Å². The van der Waals surface area contributed by atoms with Crippen molar-refractivity contribution in [2.75, 3.05) is 6.61 Å². The fourth-order valence-corrected chi connectivity index (χ4v) is 1.42. The number of carbonyl (C=O) groups is 1. The number of esters is 1. The lowest BCUT2D eigenvalue weighted by molar-refractivity contribution is -0.140. The molecule has 7 heteroatoms. The van der Waals surface area contributed by atoms with Crippen LogP contribution in [0.25, 0.3) is 0 Å². The third-order valence-electron chi connectivity index (χ3n) is 2.27. The van der Waals surface area contributed by atoms with Gasteiger partial charge in [-0.2, -0.15) is 17.6 Å². The summed E-state index contributed by atoms with van der Waals surface area (Å²) in [5.74, 6) is -3.52. The summed E-state index contributed by atoms with van der Waals surface area (Å²) in [5, 5.41) is 0. The molecule has 0 unspecified atom stereocenters. The van der Waals surface area contributed by atoms with Crippen molar-refractivity contribution in [2.24, 2.45) is 0 Å². The monoisotopic (exact) mass is 294 g/mol. The van der Waals surface area contributed by atoms with E-state index in [9.17, 15) is 26.7 Å². The molecule has 1 aromatic rings. The molecule has 0 N–H and O–H groups in total. The molecule has 110 valence electrons. The largest absolute Gasteiger partial charge is 0.461 e. The summed E-state index contributed by atoms with van der Waals surface area (Å²) >= 11 is 0. The molecular weight excluding hydrogens is 283 g/mol. The third kappa shape index (κ3) is 4.64. The van der Waals surface area contributed by atoms with Crippen LogP contribution in [0.3, 0.4) is 0 Å². The molecule has 0 aromatic heterocycles. The van der Waals surface area contributed by atoms with Crippen LogP contribution in [0.4, 0.5) is 22.0 Å². The lowest BCUT2D eigenvalue weighted by atomic mass is 10.1. The molecule has 0 fully saturated rings. The van der Waals surface area contributed by atoms with Crippen molar-refractivity contribution in [3.8, 4) is 0 Å². The quantitative estimate of drug-likeness (QED) is 0.479. The lowest BCUT2D eigenvalue weighted by Gasteiger charge is -2.08. The van der Waals surface area contributed by atoms with E-state index in [4.69, 9.17) is 0 Å². The van der Waals surface area contributed by atoms with Crippen LogP contribution in [0.15, 0.2) is 30.1 Å². The average molecular weight is 294 g/mol. The van der Waals surface area contributed by atoms with Crippen LogP contribution in [0.5, 0.6) is 0 Å². The second-order valence-electron chi connectivity index (χ2n) is 3.82. The maximum absolute atomic E-state index is 13.2. The molecule has 0 atom stereocenters. The zero-order chi connectivity index (χ0) is 15.3. The molecule has 0 aliphatic heterocycles. The van der Waals surface area contributed by atoms with Crippen LogP contribution in [-0.2, 0) is 22.1 Å². The van der Waals surface area contributed by atoms with Gasteiger partial charge in [-0.1, -0.05) is 0 Å². The Morgan fingerprint density at radius 2 is 1.95 bits per heavy atom. The second-order valence-corrected chi connectivity index (χ2v) is 3.82. The SMILES string of the molecule is CCOC(=O)C(F)=CCc1cc(F)cc(C(F)(F)F)c1. The van der Waals surface area contributed by atoms with Gasteiger partial charge < -0.3 is 4.74 Å². The smallest absolute Gasteiger partial charge is 0.416 e. The molecule has 20 heavy (non-hydrogen) atoms. The van der Waals surface area contributed by atoms with E-state index in [-0.39, 0.29) is 18.6 Å². The molecule has 0 heterocycles. The van der Waals surface area contributed by atoms with E-state index >= 15 is 0 Å². The molecule has 1 aromatic carbocycles. The van der Waals surface area contributed by atoms with Gasteiger partial charge in [0.25, 0.3) is 0 Å². The summed E-state index contributed by atoms with van der Waals surface area (Å²) in [6, 6.07) is 1.87. The van der Waals surface area contributed by atoms with E-state index in [0.29, 0.717) is 12.1 Å². The number of halogens is 5. The number of benzene rings is 1. The molecule has 2 nitrogen and oxygen atoms in total. The predicted molar refractivity (Wildman–Crippen MR) is 60.9 cm³/mol. The Balaban J connectivity index is 2.91. The maximum Gasteiger partial charge on any atom is 0.416 e. The number of rotatable bonds is 4. The standard InChI is InChI=1S/C13H11F5O2/c1-2-20-12(19)11(15)4-3-8-5-9(13(16,17)18)7-10(14)6-8/h4-7H,2-3H2,1H3. The van der Waals surface area contributed by atoms with E-state index in [1.54, 1.807) is 0 Å². The van der Waals surface area contributed by atoms with Gasteiger partial charge in [0.15, 0.2) is 0 Å². The number of ether oxygens (including phenoxy) is 1. The molecule has 0 saturated carbocycles. The van der Waals surface area contributed by atoms with Crippen LogP contribution in [0, 0.1) is 5.82 Å². The first-order chi connectivity index (χ1) is 9.24. The summed E-state index contributed by atoms with van der Waals surface area (Å²) in [4.78, 5) is 10.9. The van der Waals surface area contributed by atoms with Crippen LogP contribution in [0.1, 0.15) is 18.1 Å². The first kappa shape index (κ1) is 16.1. The molecule has 0 aliphatic rings. The van der Waals surface area contributed by atoms with Gasteiger partial charge in [0.2, 0.25) is 5.83 Å². The van der Waals surface area contributed by atoms with E-state index in [2.05, 4.69) is 4.74 Å². The molecular formula is C13H11F5O2. The zero-order valence-electron chi connectivity index (χ0n) is 10.4. The lowest BCUT2D eigenvalue weighted by Crippen LogP contribution is -2.07. The van der Waals surface area contributed by atoms with Gasteiger partial charge in [0.1, 0.15) is 5.82 Å². The van der Waals surface area contributed by atoms with Gasteiger partial charge >= 0.3 is 12.1 Å². The van der Waals surface area contributed by atoms with Gasteiger partial charge in [0, 0.05) is 0 Å². The number of alkyl halides is 3. The molecule has 0 amide bonds. The fourth-order valence-electron chi connectivity index (χ4n) is 1.42. The Bertz CT molecular complexity index is 520. The second kappa shape index (κ2) is 6.49. The minimum atomic E-state index is -4.69. The highest BCUT2D eigenvalue weighted by atomic mass is 19.4. The fraction of sp³-hybridized carbons (Fsp3) is 0.308. The summed E-state index contributed by atoms with van der Waals surface area (Å²) < 4.78 is 67.9. The number of hydrogen-bond acceptors (Lipinski definition) is 2. The van der Waals surface area contributed by atoms with Crippen LogP contribution in [0.2, 0.25) is 0 Å². The van der Waals surface area contributed by atoms with Crippen molar-refractivity contribution in [3.63, 3.8) is 0 Å². The molecule has 0 radical (unpaired) electrons. The van der Waals surface area contributed by atoms with Crippen molar-refractivity contribution >= 4 is 5.97 Å². The summed E-state index contributed by atoms with van der Waals surface area (Å²) in [6.45, 7) is 1.45. The Kier molecular flexibility index (Phi) is 5.24. The van der Waals surface area contributed by atoms with E-state index in [0.717, 1.165) is 12.1 Å². The Hall–Kier alpha value is -1.92. The minimum Gasteiger partial charge on any atom is -0.461 e. The van der Waals surface area contributed by atoms with Crippen LogP contribution >= 0.6 is 0 Å². The molecule has 0 saturated heterocycles. The van der Waals surface area contributed by atoms with E-state index in [1.165, 1.54) is 6.92 Å². The first-order valence-electron chi connectivity index (χ1n) is 5.63. The first-order valence-corrected chi connectivity index (χ1v) is 5.63. The van der Waals surface area contributed by atoms with Gasteiger partial charge in [-0.25, -0.2) is 9.18 Å². The van der Waals surface area contributed by atoms with Gasteiger partial charge in [-0.05, 0) is 43.2 Å². The molecule has 1 rings (SSSR count). The predicted octanol–water partition coefficient (Wildman–Crippen LogP) is 3.80. The summed E-state index contributed by atoms with van der Waals surface area (Å²) in [6.07, 6.45) is -4.31. The number of carbonyl (C=O) groups excluding carboxylic acids is 1.